The van der Waals surface area contributed by atoms with Crippen LogP contribution >= 0.6 is 22.6 Å². The number of rotatable bonds is 1. The van der Waals surface area contributed by atoms with Gasteiger partial charge in [-0.05, 0) is 52.2 Å². The third-order valence-corrected chi connectivity index (χ3v) is 2.70. The lowest BCUT2D eigenvalue weighted by atomic mass is 10.1. The van der Waals surface area contributed by atoms with E-state index in [0.717, 1.165) is 8.96 Å². The lowest BCUT2D eigenvalue weighted by Gasteiger charge is -2.11. The van der Waals surface area contributed by atoms with Crippen LogP contribution in [0.2, 0.25) is 0 Å². The molecule has 2 aromatic carbocycles. The summed E-state index contributed by atoms with van der Waals surface area (Å²) < 4.78 is 41.3. The number of alkyl halides is 3. The SMILES string of the molecule is FC(F)(F)Oc1cccc2cc(I)ccc12. The van der Waals surface area contributed by atoms with Crippen LogP contribution in [0.4, 0.5) is 13.2 Å². The first-order chi connectivity index (χ1) is 7.46. The van der Waals surface area contributed by atoms with Gasteiger partial charge in [-0.15, -0.1) is 13.2 Å². The third-order valence-electron chi connectivity index (χ3n) is 2.03. The predicted molar refractivity (Wildman–Crippen MR) is 63.3 cm³/mol. The van der Waals surface area contributed by atoms with E-state index in [2.05, 4.69) is 27.3 Å². The second kappa shape index (κ2) is 4.12. The largest absolute Gasteiger partial charge is 0.573 e. The number of fused-ring (bicyclic) bond motifs is 1. The number of halogens is 4. The van der Waals surface area contributed by atoms with Crippen molar-refractivity contribution >= 4 is 33.4 Å². The van der Waals surface area contributed by atoms with Crippen LogP contribution in [-0.2, 0) is 0 Å². The van der Waals surface area contributed by atoms with Crippen molar-refractivity contribution in [3.63, 3.8) is 0 Å². The van der Waals surface area contributed by atoms with E-state index in [0.29, 0.717) is 5.39 Å². The average molecular weight is 338 g/mol. The number of benzene rings is 2. The summed E-state index contributed by atoms with van der Waals surface area (Å²) in [5.74, 6) is -0.165. The van der Waals surface area contributed by atoms with E-state index in [1.165, 1.54) is 6.07 Å². The minimum absolute atomic E-state index is 0.165. The molecule has 0 aliphatic carbocycles. The second-order valence-corrected chi connectivity index (χ2v) is 4.42. The molecule has 16 heavy (non-hydrogen) atoms. The molecule has 0 N–H and O–H groups in total. The van der Waals surface area contributed by atoms with Crippen molar-refractivity contribution in [3.8, 4) is 5.75 Å². The van der Waals surface area contributed by atoms with Gasteiger partial charge in [-0.3, -0.25) is 0 Å². The molecule has 0 bridgehead atoms. The van der Waals surface area contributed by atoms with Crippen LogP contribution in [0.5, 0.6) is 5.75 Å². The Morgan fingerprint density at radius 1 is 1.06 bits per heavy atom. The molecule has 0 aromatic heterocycles. The minimum Gasteiger partial charge on any atom is -0.405 e. The Bertz CT molecular complexity index is 522. The molecule has 0 saturated heterocycles. The summed E-state index contributed by atoms with van der Waals surface area (Å²) >= 11 is 2.10. The fourth-order valence-electron chi connectivity index (χ4n) is 1.44. The molecule has 0 amide bonds. The standard InChI is InChI=1S/C11H6F3IO/c12-11(13,14)16-10-3-1-2-7-6-8(15)4-5-9(7)10/h1-6H. The Kier molecular flexibility index (Phi) is 2.96. The second-order valence-electron chi connectivity index (χ2n) is 3.17. The molecule has 0 unspecified atom stereocenters. The van der Waals surface area contributed by atoms with Crippen molar-refractivity contribution < 1.29 is 17.9 Å². The molecule has 0 aliphatic rings. The van der Waals surface area contributed by atoms with E-state index in [-0.39, 0.29) is 5.75 Å². The van der Waals surface area contributed by atoms with E-state index >= 15 is 0 Å². The fraction of sp³-hybridized carbons (Fsp3) is 0.0909. The summed E-state index contributed by atoms with van der Waals surface area (Å²) in [6.45, 7) is 0. The fourth-order valence-corrected chi connectivity index (χ4v) is 1.95. The summed E-state index contributed by atoms with van der Waals surface area (Å²) in [6.07, 6.45) is -4.66. The van der Waals surface area contributed by atoms with Crippen LogP contribution in [0.25, 0.3) is 10.8 Å². The smallest absolute Gasteiger partial charge is 0.405 e. The molecular weight excluding hydrogens is 332 g/mol. The maximum absolute atomic E-state index is 12.1. The highest BCUT2D eigenvalue weighted by Gasteiger charge is 2.31. The lowest BCUT2D eigenvalue weighted by Crippen LogP contribution is -2.17. The molecule has 0 fully saturated rings. The number of hydrogen-bond donors (Lipinski definition) is 0. The molecule has 1 nitrogen and oxygen atoms in total. The van der Waals surface area contributed by atoms with E-state index < -0.39 is 6.36 Å². The van der Waals surface area contributed by atoms with Crippen LogP contribution < -0.4 is 4.74 Å². The minimum atomic E-state index is -4.66. The van der Waals surface area contributed by atoms with Gasteiger partial charge < -0.3 is 4.74 Å². The average Bonchev–Trinajstić information content (AvgIpc) is 2.15. The molecule has 0 atom stereocenters. The molecular formula is C11H6F3IO. The normalized spacial score (nSPS) is 11.8. The zero-order chi connectivity index (χ0) is 11.8. The molecule has 5 heteroatoms. The van der Waals surface area contributed by atoms with Crippen molar-refractivity contribution in [1.29, 1.82) is 0 Å². The number of hydrogen-bond acceptors (Lipinski definition) is 1. The summed E-state index contributed by atoms with van der Waals surface area (Å²) in [5.41, 5.74) is 0. The van der Waals surface area contributed by atoms with Gasteiger partial charge in [0.25, 0.3) is 0 Å². The quantitative estimate of drug-likeness (QED) is 0.703. The first-order valence-corrected chi connectivity index (χ1v) is 5.47. The van der Waals surface area contributed by atoms with Crippen LogP contribution in [0.15, 0.2) is 36.4 Å². The summed E-state index contributed by atoms with van der Waals surface area (Å²) in [6, 6.07) is 9.77. The van der Waals surface area contributed by atoms with Gasteiger partial charge >= 0.3 is 6.36 Å². The number of ether oxygens (including phenoxy) is 1. The zero-order valence-corrected chi connectivity index (χ0v) is 10.0. The highest BCUT2D eigenvalue weighted by molar-refractivity contribution is 14.1. The van der Waals surface area contributed by atoms with Crippen LogP contribution in [0, 0.1) is 3.57 Å². The van der Waals surface area contributed by atoms with Gasteiger partial charge in [-0.25, -0.2) is 0 Å². The van der Waals surface area contributed by atoms with Gasteiger partial charge in [-0.2, -0.15) is 0 Å². The maximum Gasteiger partial charge on any atom is 0.573 e. The maximum atomic E-state index is 12.1. The van der Waals surface area contributed by atoms with E-state index in [1.807, 2.05) is 0 Å². The van der Waals surface area contributed by atoms with E-state index in [9.17, 15) is 13.2 Å². The molecule has 0 radical (unpaired) electrons. The first-order valence-electron chi connectivity index (χ1n) is 4.40. The molecule has 0 spiro atoms. The van der Waals surface area contributed by atoms with Crippen molar-refractivity contribution in [3.05, 3.63) is 40.0 Å². The third kappa shape index (κ3) is 2.58. The van der Waals surface area contributed by atoms with Crippen molar-refractivity contribution in [2.24, 2.45) is 0 Å². The van der Waals surface area contributed by atoms with Crippen molar-refractivity contribution in [2.75, 3.05) is 0 Å². The van der Waals surface area contributed by atoms with E-state index in [1.54, 1.807) is 30.3 Å². The van der Waals surface area contributed by atoms with Gasteiger partial charge in [0.05, 0.1) is 0 Å². The van der Waals surface area contributed by atoms with Crippen molar-refractivity contribution in [2.45, 2.75) is 6.36 Å². The molecule has 2 aromatic rings. The topological polar surface area (TPSA) is 9.23 Å². The van der Waals surface area contributed by atoms with Gasteiger partial charge in [0.15, 0.2) is 0 Å². The summed E-state index contributed by atoms with van der Waals surface area (Å²) in [7, 11) is 0. The van der Waals surface area contributed by atoms with Crippen LogP contribution in [0.3, 0.4) is 0 Å². The Morgan fingerprint density at radius 3 is 2.50 bits per heavy atom. The monoisotopic (exact) mass is 338 g/mol. The first kappa shape index (κ1) is 11.5. The summed E-state index contributed by atoms with van der Waals surface area (Å²) in [5, 5.41) is 1.19. The molecule has 84 valence electrons. The zero-order valence-electron chi connectivity index (χ0n) is 7.88. The van der Waals surface area contributed by atoms with Gasteiger partial charge in [0.1, 0.15) is 5.75 Å². The lowest BCUT2D eigenvalue weighted by molar-refractivity contribution is -0.274. The Balaban J connectivity index is 2.54. The molecule has 2 rings (SSSR count). The molecule has 0 heterocycles. The van der Waals surface area contributed by atoms with E-state index in [4.69, 9.17) is 0 Å². The highest BCUT2D eigenvalue weighted by atomic mass is 127. The van der Waals surface area contributed by atoms with Crippen LogP contribution in [0.1, 0.15) is 0 Å². The molecule has 0 saturated carbocycles. The van der Waals surface area contributed by atoms with Crippen LogP contribution in [-0.4, -0.2) is 6.36 Å². The Morgan fingerprint density at radius 2 is 1.81 bits per heavy atom. The molecule has 0 aliphatic heterocycles. The Labute approximate surface area is 103 Å². The summed E-state index contributed by atoms with van der Waals surface area (Å²) in [4.78, 5) is 0. The van der Waals surface area contributed by atoms with Gasteiger partial charge in [-0.1, -0.05) is 12.1 Å². The predicted octanol–water partition coefficient (Wildman–Crippen LogP) is 4.34. The van der Waals surface area contributed by atoms with Gasteiger partial charge in [0, 0.05) is 8.96 Å². The Hall–Kier alpha value is -0.980. The van der Waals surface area contributed by atoms with Gasteiger partial charge in [0.2, 0.25) is 0 Å². The highest BCUT2D eigenvalue weighted by Crippen LogP contribution is 2.31. The van der Waals surface area contributed by atoms with Crippen molar-refractivity contribution in [1.82, 2.24) is 0 Å².